The summed E-state index contributed by atoms with van der Waals surface area (Å²) < 4.78 is 5.81. The van der Waals surface area contributed by atoms with Crippen LogP contribution in [-0.4, -0.2) is 53.9 Å². The summed E-state index contributed by atoms with van der Waals surface area (Å²) in [6, 6.07) is 12.4. The Labute approximate surface area is 190 Å². The second-order valence-corrected chi connectivity index (χ2v) is 9.20. The van der Waals surface area contributed by atoms with E-state index in [4.69, 9.17) is 4.42 Å². The van der Waals surface area contributed by atoms with Crippen LogP contribution in [0.2, 0.25) is 0 Å². The number of amides is 1. The number of nitrogens with zero attached hydrogens (tertiary/aromatic N) is 2. The Morgan fingerprint density at radius 1 is 1.19 bits per heavy atom. The van der Waals surface area contributed by atoms with Crippen molar-refractivity contribution in [1.29, 1.82) is 0 Å². The zero-order valence-electron chi connectivity index (χ0n) is 18.5. The number of nitrogens with one attached hydrogen (secondary N) is 1. The fourth-order valence-electron chi connectivity index (χ4n) is 3.79. The van der Waals surface area contributed by atoms with Gasteiger partial charge in [-0.3, -0.25) is 9.59 Å². The van der Waals surface area contributed by atoms with Gasteiger partial charge >= 0.3 is 0 Å². The largest absolute Gasteiger partial charge is 0.503 e. The van der Waals surface area contributed by atoms with Crippen molar-refractivity contribution in [3.63, 3.8) is 0 Å². The van der Waals surface area contributed by atoms with Gasteiger partial charge in [-0.2, -0.15) is 0 Å². The molecule has 8 heteroatoms. The molecule has 1 aromatic carbocycles. The second-order valence-electron chi connectivity index (χ2n) is 8.20. The van der Waals surface area contributed by atoms with Crippen molar-refractivity contribution in [3.8, 4) is 10.6 Å². The van der Waals surface area contributed by atoms with E-state index in [0.29, 0.717) is 40.2 Å². The van der Waals surface area contributed by atoms with Crippen LogP contribution in [-0.2, 0) is 4.79 Å². The third kappa shape index (κ3) is 3.99. The van der Waals surface area contributed by atoms with E-state index in [1.165, 1.54) is 16.2 Å². The molecule has 0 saturated carbocycles. The molecular weight excluding hydrogens is 426 g/mol. The van der Waals surface area contributed by atoms with Gasteiger partial charge in [0.25, 0.3) is 5.91 Å². The van der Waals surface area contributed by atoms with Crippen LogP contribution in [0.1, 0.15) is 32.9 Å². The van der Waals surface area contributed by atoms with Crippen molar-refractivity contribution < 1.29 is 24.0 Å². The van der Waals surface area contributed by atoms with Gasteiger partial charge in [-0.05, 0) is 26.0 Å². The standard InChI is InChI=1S/C24H25N3O4S/c1-14-10-11-17(31-14)19-18(21(29)24(30)27(19)13-12-26(3)4)20(28)22-15(2)25-23(32-22)16-8-6-5-7-9-16/h5-11,19,29H,12-13H2,1-4H3/p+1/t19-/m1/s1. The van der Waals surface area contributed by atoms with Crippen LogP contribution in [0.4, 0.5) is 0 Å². The number of ketones is 1. The highest BCUT2D eigenvalue weighted by Crippen LogP contribution is 2.41. The maximum Gasteiger partial charge on any atom is 0.290 e. The van der Waals surface area contributed by atoms with Gasteiger partial charge in [0.1, 0.15) is 22.6 Å². The number of aryl methyl sites for hydroxylation is 2. The molecule has 0 spiro atoms. The molecule has 32 heavy (non-hydrogen) atoms. The number of Topliss-reactive ketones (excluding diaryl/α,β-unsaturated/α-hetero) is 1. The summed E-state index contributed by atoms with van der Waals surface area (Å²) in [6.07, 6.45) is 0. The summed E-state index contributed by atoms with van der Waals surface area (Å²) in [5.74, 6) is -0.339. The third-order valence-electron chi connectivity index (χ3n) is 5.46. The average molecular weight is 453 g/mol. The van der Waals surface area contributed by atoms with Gasteiger partial charge in [-0.1, -0.05) is 30.3 Å². The Hall–Kier alpha value is -3.23. The predicted molar refractivity (Wildman–Crippen MR) is 122 cm³/mol. The summed E-state index contributed by atoms with van der Waals surface area (Å²) in [6.45, 7) is 4.61. The number of rotatable bonds is 7. The number of hydrogen-bond acceptors (Lipinski definition) is 6. The molecule has 7 nitrogen and oxygen atoms in total. The number of likely N-dealkylation sites (N-methyl/N-ethyl adjacent to an activating group) is 1. The van der Waals surface area contributed by atoms with Crippen molar-refractivity contribution in [2.75, 3.05) is 27.2 Å². The minimum atomic E-state index is -0.773. The topological polar surface area (TPSA) is 88.1 Å². The van der Waals surface area contributed by atoms with Crippen molar-refractivity contribution in [2.45, 2.75) is 19.9 Å². The lowest BCUT2D eigenvalue weighted by Gasteiger charge is -2.25. The smallest absolute Gasteiger partial charge is 0.290 e. The van der Waals surface area contributed by atoms with Crippen LogP contribution in [0.15, 0.2) is 58.2 Å². The van der Waals surface area contributed by atoms with Crippen LogP contribution in [0, 0.1) is 13.8 Å². The number of aromatic nitrogens is 1. The summed E-state index contributed by atoms with van der Waals surface area (Å²) in [7, 11) is 3.97. The Kier molecular flexibility index (Phi) is 5.99. The highest BCUT2D eigenvalue weighted by atomic mass is 32.1. The van der Waals surface area contributed by atoms with Crippen LogP contribution in [0.5, 0.6) is 0 Å². The Morgan fingerprint density at radius 2 is 1.91 bits per heavy atom. The Balaban J connectivity index is 1.75. The number of thiazole rings is 1. The first-order valence-corrected chi connectivity index (χ1v) is 11.3. The molecule has 0 saturated heterocycles. The number of quaternary nitrogens is 1. The maximum atomic E-state index is 13.7. The summed E-state index contributed by atoms with van der Waals surface area (Å²) >= 11 is 1.26. The van der Waals surface area contributed by atoms with E-state index in [9.17, 15) is 14.7 Å². The molecule has 1 aliphatic heterocycles. The highest BCUT2D eigenvalue weighted by Gasteiger charge is 2.46. The Bertz CT molecular complexity index is 1190. The molecule has 0 bridgehead atoms. The van der Waals surface area contributed by atoms with Gasteiger partial charge in [0.2, 0.25) is 5.78 Å². The molecular formula is C24H26N3O4S+. The molecule has 0 fully saturated rings. The van der Waals surface area contributed by atoms with E-state index in [0.717, 1.165) is 10.5 Å². The number of carbonyl (C=O) groups excluding carboxylic acids is 2. The molecule has 4 rings (SSSR count). The third-order valence-corrected chi connectivity index (χ3v) is 6.66. The van der Waals surface area contributed by atoms with Gasteiger partial charge < -0.3 is 19.3 Å². The van der Waals surface area contributed by atoms with E-state index in [-0.39, 0.29) is 5.57 Å². The van der Waals surface area contributed by atoms with E-state index in [2.05, 4.69) is 4.98 Å². The molecule has 0 aliphatic carbocycles. The fourth-order valence-corrected chi connectivity index (χ4v) is 4.82. The number of benzene rings is 1. The van der Waals surface area contributed by atoms with Crippen molar-refractivity contribution in [3.05, 3.63) is 75.9 Å². The lowest BCUT2D eigenvalue weighted by molar-refractivity contribution is -0.857. The van der Waals surface area contributed by atoms with E-state index < -0.39 is 23.5 Å². The van der Waals surface area contributed by atoms with Crippen LogP contribution in [0.3, 0.4) is 0 Å². The van der Waals surface area contributed by atoms with Gasteiger partial charge in [0, 0.05) is 5.56 Å². The van der Waals surface area contributed by atoms with Crippen molar-refractivity contribution >= 4 is 23.0 Å². The van der Waals surface area contributed by atoms with Gasteiger partial charge in [0.15, 0.2) is 5.76 Å². The van der Waals surface area contributed by atoms with E-state index in [1.807, 2.05) is 44.4 Å². The van der Waals surface area contributed by atoms with Gasteiger partial charge in [0.05, 0.1) is 43.3 Å². The highest BCUT2D eigenvalue weighted by molar-refractivity contribution is 7.17. The molecule has 2 aromatic heterocycles. The van der Waals surface area contributed by atoms with Gasteiger partial charge in [-0.15, -0.1) is 11.3 Å². The fraction of sp³-hybridized carbons (Fsp3) is 0.292. The lowest BCUT2D eigenvalue weighted by Crippen LogP contribution is -3.06. The second kappa shape index (κ2) is 8.72. The number of carbonyl (C=O) groups is 2. The SMILES string of the molecule is Cc1ccc([C@@H]2C(C(=O)c3sc(-c4ccccc4)nc3C)=C(O)C(=O)N2CC[NH+](C)C)o1. The van der Waals surface area contributed by atoms with Crippen molar-refractivity contribution in [2.24, 2.45) is 0 Å². The molecule has 166 valence electrons. The molecule has 0 radical (unpaired) electrons. The summed E-state index contributed by atoms with van der Waals surface area (Å²) in [5.41, 5.74) is 1.52. The maximum absolute atomic E-state index is 13.7. The first kappa shape index (κ1) is 22.0. The van der Waals surface area contributed by atoms with Crippen molar-refractivity contribution in [1.82, 2.24) is 9.88 Å². The predicted octanol–water partition coefficient (Wildman–Crippen LogP) is 2.74. The zero-order chi connectivity index (χ0) is 23.0. The van der Waals surface area contributed by atoms with Gasteiger partial charge in [-0.25, -0.2) is 4.98 Å². The van der Waals surface area contributed by atoms with E-state index in [1.54, 1.807) is 26.0 Å². The Morgan fingerprint density at radius 3 is 2.53 bits per heavy atom. The first-order valence-electron chi connectivity index (χ1n) is 10.4. The molecule has 3 heterocycles. The summed E-state index contributed by atoms with van der Waals surface area (Å²) in [4.78, 5) is 34.3. The zero-order valence-corrected chi connectivity index (χ0v) is 19.3. The molecule has 1 aliphatic rings. The number of aliphatic hydroxyl groups is 1. The molecule has 3 aromatic rings. The van der Waals surface area contributed by atoms with Crippen LogP contribution >= 0.6 is 11.3 Å². The average Bonchev–Trinajstić information content (AvgIpc) is 3.44. The lowest BCUT2D eigenvalue weighted by atomic mass is 9.99. The van der Waals surface area contributed by atoms with Crippen LogP contribution < -0.4 is 4.90 Å². The van der Waals surface area contributed by atoms with Crippen LogP contribution in [0.25, 0.3) is 10.6 Å². The number of furan rings is 1. The number of hydrogen-bond donors (Lipinski definition) is 2. The summed E-state index contributed by atoms with van der Waals surface area (Å²) in [5, 5.41) is 11.5. The molecule has 0 unspecified atom stereocenters. The minimum absolute atomic E-state index is 0.0458. The minimum Gasteiger partial charge on any atom is -0.503 e. The monoisotopic (exact) mass is 452 g/mol. The first-order chi connectivity index (χ1) is 15.3. The quantitative estimate of drug-likeness (QED) is 0.538. The normalized spacial score (nSPS) is 16.5. The molecule has 1 amide bonds. The molecule has 1 atom stereocenters. The molecule has 2 N–H and O–H groups in total. The van der Waals surface area contributed by atoms with E-state index >= 15 is 0 Å². The number of aliphatic hydroxyl groups excluding tert-OH is 1.